The number of carbonyl (C=O) groups is 2. The average molecular weight is 349 g/mol. The van der Waals surface area contributed by atoms with Gasteiger partial charge in [0.2, 0.25) is 0 Å². The molecule has 0 aromatic heterocycles. The lowest BCUT2D eigenvalue weighted by Gasteiger charge is -2.17. The van der Waals surface area contributed by atoms with Crippen molar-refractivity contribution in [2.24, 2.45) is 11.8 Å². The molecule has 1 aromatic rings. The lowest BCUT2D eigenvalue weighted by Crippen LogP contribution is -2.34. The number of carbonyl (C=O) groups excluding carboxylic acids is 2. The Morgan fingerprint density at radius 2 is 1.76 bits per heavy atom. The van der Waals surface area contributed by atoms with E-state index in [1.54, 1.807) is 12.1 Å². The third kappa shape index (κ3) is 8.57. The summed E-state index contributed by atoms with van der Waals surface area (Å²) >= 11 is 0. The average Bonchev–Trinajstić information content (AvgIpc) is 2.60. The van der Waals surface area contributed by atoms with Gasteiger partial charge >= 0.3 is 12.1 Å². The standard InChI is InChI=1S/C20H31NO4/c1-5-15(2)17(4)19(22)24-14-10-9-11-16(3)21-20(23)25-18-12-7-6-8-13-18/h6-8,12-13,15-17H,5,9-11,14H2,1-4H3,(H,21,23). The molecular formula is C20H31NO4. The van der Waals surface area contributed by atoms with Crippen LogP contribution in [0.3, 0.4) is 0 Å². The zero-order valence-corrected chi connectivity index (χ0v) is 15.8. The monoisotopic (exact) mass is 349 g/mol. The van der Waals surface area contributed by atoms with E-state index in [0.717, 1.165) is 25.7 Å². The van der Waals surface area contributed by atoms with Crippen LogP contribution in [0.2, 0.25) is 0 Å². The summed E-state index contributed by atoms with van der Waals surface area (Å²) in [5.41, 5.74) is 0. The first kappa shape index (κ1) is 21.0. The highest BCUT2D eigenvalue weighted by Crippen LogP contribution is 2.16. The van der Waals surface area contributed by atoms with Crippen molar-refractivity contribution in [3.8, 4) is 5.75 Å². The highest BCUT2D eigenvalue weighted by molar-refractivity contribution is 5.72. The van der Waals surface area contributed by atoms with E-state index in [-0.39, 0.29) is 17.9 Å². The van der Waals surface area contributed by atoms with E-state index < -0.39 is 6.09 Å². The lowest BCUT2D eigenvalue weighted by atomic mass is 9.94. The highest BCUT2D eigenvalue weighted by atomic mass is 16.6. The summed E-state index contributed by atoms with van der Waals surface area (Å²) in [6.45, 7) is 8.42. The lowest BCUT2D eigenvalue weighted by molar-refractivity contribution is -0.149. The molecule has 1 aromatic carbocycles. The molecule has 0 saturated heterocycles. The topological polar surface area (TPSA) is 64.6 Å². The smallest absolute Gasteiger partial charge is 0.412 e. The van der Waals surface area contributed by atoms with Crippen molar-refractivity contribution in [1.29, 1.82) is 0 Å². The number of para-hydroxylation sites is 1. The number of unbranched alkanes of at least 4 members (excludes halogenated alkanes) is 1. The summed E-state index contributed by atoms with van der Waals surface area (Å²) in [5.74, 6) is 0.687. The third-order valence-corrected chi connectivity index (χ3v) is 4.46. The van der Waals surface area contributed by atoms with Crippen LogP contribution in [-0.4, -0.2) is 24.7 Å². The molecule has 5 nitrogen and oxygen atoms in total. The normalized spacial score (nSPS) is 14.2. The Hall–Kier alpha value is -2.04. The summed E-state index contributed by atoms with van der Waals surface area (Å²) in [6, 6.07) is 8.97. The van der Waals surface area contributed by atoms with E-state index in [1.807, 2.05) is 32.0 Å². The molecule has 1 N–H and O–H groups in total. The van der Waals surface area contributed by atoms with Gasteiger partial charge in [0.1, 0.15) is 5.75 Å². The molecule has 1 amide bonds. The van der Waals surface area contributed by atoms with E-state index >= 15 is 0 Å². The molecule has 0 heterocycles. The summed E-state index contributed by atoms with van der Waals surface area (Å²) < 4.78 is 10.5. The van der Waals surface area contributed by atoms with Crippen LogP contribution in [0.15, 0.2) is 30.3 Å². The maximum Gasteiger partial charge on any atom is 0.412 e. The van der Waals surface area contributed by atoms with Crippen molar-refractivity contribution in [1.82, 2.24) is 5.32 Å². The van der Waals surface area contributed by atoms with Crippen LogP contribution in [0, 0.1) is 11.8 Å². The molecule has 140 valence electrons. The molecule has 5 heteroatoms. The van der Waals surface area contributed by atoms with Crippen molar-refractivity contribution in [2.75, 3.05) is 6.61 Å². The van der Waals surface area contributed by atoms with Crippen molar-refractivity contribution in [3.63, 3.8) is 0 Å². The minimum absolute atomic E-state index is 0.00551. The highest BCUT2D eigenvalue weighted by Gasteiger charge is 2.19. The van der Waals surface area contributed by atoms with Gasteiger partial charge in [-0.05, 0) is 44.2 Å². The Kier molecular flexibility index (Phi) is 9.66. The molecule has 0 radical (unpaired) electrons. The van der Waals surface area contributed by atoms with Gasteiger partial charge in [-0.25, -0.2) is 4.79 Å². The Morgan fingerprint density at radius 3 is 2.40 bits per heavy atom. The first-order valence-electron chi connectivity index (χ1n) is 9.14. The molecule has 0 fully saturated rings. The summed E-state index contributed by atoms with van der Waals surface area (Å²) in [4.78, 5) is 23.6. The van der Waals surface area contributed by atoms with Gasteiger partial charge in [-0.2, -0.15) is 0 Å². The van der Waals surface area contributed by atoms with Gasteiger partial charge in [-0.3, -0.25) is 4.79 Å². The molecule has 0 bridgehead atoms. The summed E-state index contributed by atoms with van der Waals surface area (Å²) in [5, 5.41) is 2.80. The zero-order valence-electron chi connectivity index (χ0n) is 15.8. The number of nitrogens with one attached hydrogen (secondary N) is 1. The minimum atomic E-state index is -0.451. The molecule has 1 rings (SSSR count). The fourth-order valence-electron chi connectivity index (χ4n) is 2.34. The largest absolute Gasteiger partial charge is 0.465 e. The van der Waals surface area contributed by atoms with Gasteiger partial charge < -0.3 is 14.8 Å². The van der Waals surface area contributed by atoms with E-state index in [4.69, 9.17) is 9.47 Å². The maximum absolute atomic E-state index is 11.9. The van der Waals surface area contributed by atoms with Gasteiger partial charge in [0.15, 0.2) is 0 Å². The zero-order chi connectivity index (χ0) is 18.7. The van der Waals surface area contributed by atoms with Gasteiger partial charge in [0.05, 0.1) is 12.5 Å². The first-order chi connectivity index (χ1) is 11.9. The number of hydrogen-bond donors (Lipinski definition) is 1. The van der Waals surface area contributed by atoms with Crippen LogP contribution < -0.4 is 10.1 Å². The summed E-state index contributed by atoms with van der Waals surface area (Å²) in [6.07, 6.45) is 2.99. The number of rotatable bonds is 10. The molecule has 3 unspecified atom stereocenters. The SMILES string of the molecule is CCC(C)C(C)C(=O)OCCCCC(C)NC(=O)Oc1ccccc1. The van der Waals surface area contributed by atoms with Crippen molar-refractivity contribution >= 4 is 12.1 Å². The second-order valence-electron chi connectivity index (χ2n) is 6.59. The molecule has 3 atom stereocenters. The minimum Gasteiger partial charge on any atom is -0.465 e. The van der Waals surface area contributed by atoms with E-state index in [2.05, 4.69) is 19.2 Å². The number of amides is 1. The molecule has 0 aliphatic rings. The number of hydrogen-bond acceptors (Lipinski definition) is 4. The molecule has 25 heavy (non-hydrogen) atoms. The van der Waals surface area contributed by atoms with Crippen molar-refractivity contribution < 1.29 is 19.1 Å². The van der Waals surface area contributed by atoms with Gasteiger partial charge in [0.25, 0.3) is 0 Å². The van der Waals surface area contributed by atoms with Crippen molar-refractivity contribution in [3.05, 3.63) is 30.3 Å². The maximum atomic E-state index is 11.9. The molecule has 0 aliphatic heterocycles. The van der Waals surface area contributed by atoms with Gasteiger partial charge in [0, 0.05) is 6.04 Å². The molecule has 0 aliphatic carbocycles. The predicted octanol–water partition coefficient (Wildman–Crippen LogP) is 4.56. The molecular weight excluding hydrogens is 318 g/mol. The van der Waals surface area contributed by atoms with Crippen LogP contribution in [0.1, 0.15) is 53.4 Å². The Morgan fingerprint density at radius 1 is 1.08 bits per heavy atom. The van der Waals surface area contributed by atoms with Crippen LogP contribution in [0.4, 0.5) is 4.79 Å². The molecule has 0 spiro atoms. The summed E-state index contributed by atoms with van der Waals surface area (Å²) in [7, 11) is 0. The van der Waals surface area contributed by atoms with E-state index in [1.165, 1.54) is 0 Å². The first-order valence-corrected chi connectivity index (χ1v) is 9.14. The van der Waals surface area contributed by atoms with E-state index in [0.29, 0.717) is 18.3 Å². The quantitative estimate of drug-likeness (QED) is 0.497. The fraction of sp³-hybridized carbons (Fsp3) is 0.600. The number of ether oxygens (including phenoxy) is 2. The van der Waals surface area contributed by atoms with Gasteiger partial charge in [-0.1, -0.05) is 45.4 Å². The second kappa shape index (κ2) is 11.5. The van der Waals surface area contributed by atoms with Crippen LogP contribution >= 0.6 is 0 Å². The molecule has 0 saturated carbocycles. The fourth-order valence-corrected chi connectivity index (χ4v) is 2.34. The van der Waals surface area contributed by atoms with Crippen molar-refractivity contribution in [2.45, 2.75) is 59.4 Å². The third-order valence-electron chi connectivity index (χ3n) is 4.46. The van der Waals surface area contributed by atoms with Crippen LogP contribution in [0.5, 0.6) is 5.75 Å². The Labute approximate surface area is 151 Å². The predicted molar refractivity (Wildman–Crippen MR) is 98.5 cm³/mol. The van der Waals surface area contributed by atoms with E-state index in [9.17, 15) is 9.59 Å². The van der Waals surface area contributed by atoms with Crippen LogP contribution in [-0.2, 0) is 9.53 Å². The number of benzene rings is 1. The Bertz CT molecular complexity index is 518. The van der Waals surface area contributed by atoms with Gasteiger partial charge in [-0.15, -0.1) is 0 Å². The number of esters is 1. The Balaban J connectivity index is 2.13. The van der Waals surface area contributed by atoms with Crippen LogP contribution in [0.25, 0.3) is 0 Å². The second-order valence-corrected chi connectivity index (χ2v) is 6.59.